The summed E-state index contributed by atoms with van der Waals surface area (Å²) in [4.78, 5) is 2.53. The molecule has 2 nitrogen and oxygen atoms in total. The number of hydrogen-bond acceptors (Lipinski definition) is 2. The van der Waals surface area contributed by atoms with E-state index in [0.29, 0.717) is 0 Å². The van der Waals surface area contributed by atoms with Crippen molar-refractivity contribution >= 4 is 15.9 Å². The molecule has 1 N–H and O–H groups in total. The van der Waals surface area contributed by atoms with Crippen molar-refractivity contribution in [3.63, 3.8) is 0 Å². The number of nitrogens with one attached hydrogen (secondary N) is 1. The van der Waals surface area contributed by atoms with Crippen molar-refractivity contribution in [2.24, 2.45) is 0 Å². The zero-order chi connectivity index (χ0) is 13.4. The van der Waals surface area contributed by atoms with Crippen molar-refractivity contribution in [1.82, 2.24) is 10.2 Å². The molecule has 0 aliphatic rings. The van der Waals surface area contributed by atoms with Crippen molar-refractivity contribution in [3.05, 3.63) is 33.8 Å². The molecule has 0 aliphatic heterocycles. The number of hydrogen-bond donors (Lipinski definition) is 1. The van der Waals surface area contributed by atoms with Crippen molar-refractivity contribution in [2.75, 3.05) is 20.1 Å². The lowest BCUT2D eigenvalue weighted by Crippen LogP contribution is -2.25. The molecule has 0 fully saturated rings. The number of benzene rings is 1. The van der Waals surface area contributed by atoms with E-state index in [0.717, 1.165) is 13.1 Å². The highest BCUT2D eigenvalue weighted by Gasteiger charge is 2.07. The summed E-state index contributed by atoms with van der Waals surface area (Å²) in [6.07, 6.45) is 2.44. The second-order valence-electron chi connectivity index (χ2n) is 4.73. The lowest BCUT2D eigenvalue weighted by molar-refractivity contribution is 0.266. The predicted molar refractivity (Wildman–Crippen MR) is 82.8 cm³/mol. The van der Waals surface area contributed by atoms with Gasteiger partial charge in [-0.05, 0) is 50.2 Å². The summed E-state index contributed by atoms with van der Waals surface area (Å²) in [5.74, 6) is 0. The highest BCUT2D eigenvalue weighted by molar-refractivity contribution is 9.10. The molecule has 0 saturated carbocycles. The maximum atomic E-state index is 3.69. The van der Waals surface area contributed by atoms with Crippen LogP contribution in [-0.2, 0) is 13.1 Å². The molecule has 0 amide bonds. The zero-order valence-electron chi connectivity index (χ0n) is 11.8. The summed E-state index contributed by atoms with van der Waals surface area (Å²) in [6.45, 7) is 8.81. The van der Waals surface area contributed by atoms with E-state index in [1.54, 1.807) is 0 Å². The van der Waals surface area contributed by atoms with Crippen LogP contribution in [0.25, 0.3) is 0 Å². The average Bonchev–Trinajstić information content (AvgIpc) is 2.33. The largest absolute Gasteiger partial charge is 0.316 e. The molecule has 1 aromatic rings. The first-order valence-electron chi connectivity index (χ1n) is 6.85. The number of halogens is 1. The molecule has 3 heteroatoms. The Morgan fingerprint density at radius 3 is 2.33 bits per heavy atom. The second-order valence-corrected chi connectivity index (χ2v) is 5.59. The van der Waals surface area contributed by atoms with Crippen LogP contribution >= 0.6 is 15.9 Å². The Labute approximate surface area is 120 Å². The van der Waals surface area contributed by atoms with E-state index in [1.807, 2.05) is 7.05 Å². The van der Waals surface area contributed by atoms with Crippen molar-refractivity contribution in [3.8, 4) is 0 Å². The van der Waals surface area contributed by atoms with Crippen molar-refractivity contribution in [2.45, 2.75) is 39.8 Å². The Balaban J connectivity index is 2.70. The molecule has 102 valence electrons. The van der Waals surface area contributed by atoms with Crippen LogP contribution in [0.2, 0.25) is 0 Å². The highest BCUT2D eigenvalue weighted by atomic mass is 79.9. The monoisotopic (exact) mass is 312 g/mol. The average molecular weight is 313 g/mol. The molecule has 0 aromatic heterocycles. The van der Waals surface area contributed by atoms with E-state index in [4.69, 9.17) is 0 Å². The summed E-state index contributed by atoms with van der Waals surface area (Å²) in [7, 11) is 1.98. The van der Waals surface area contributed by atoms with E-state index < -0.39 is 0 Å². The Bertz CT molecular complexity index is 346. The SMILES string of the molecule is CCCN(CCC)Cc1ccc(CNC)cc1Br. The maximum Gasteiger partial charge on any atom is 0.0244 e. The first-order valence-corrected chi connectivity index (χ1v) is 7.64. The van der Waals surface area contributed by atoms with E-state index >= 15 is 0 Å². The van der Waals surface area contributed by atoms with Crippen molar-refractivity contribution in [1.29, 1.82) is 0 Å². The van der Waals surface area contributed by atoms with Crippen LogP contribution < -0.4 is 5.32 Å². The topological polar surface area (TPSA) is 15.3 Å². The summed E-state index contributed by atoms with van der Waals surface area (Å²) < 4.78 is 1.23. The molecule has 1 aromatic carbocycles. The minimum atomic E-state index is 0.923. The van der Waals surface area contributed by atoms with Gasteiger partial charge in [-0.1, -0.05) is 41.9 Å². The van der Waals surface area contributed by atoms with Crippen LogP contribution in [0.1, 0.15) is 37.8 Å². The molecular formula is C15H25BrN2. The van der Waals surface area contributed by atoms with Gasteiger partial charge in [0.15, 0.2) is 0 Å². The lowest BCUT2D eigenvalue weighted by atomic mass is 10.1. The summed E-state index contributed by atoms with van der Waals surface area (Å²) in [5.41, 5.74) is 2.71. The van der Waals surface area contributed by atoms with Crippen LogP contribution in [0.3, 0.4) is 0 Å². The number of nitrogens with zero attached hydrogens (tertiary/aromatic N) is 1. The van der Waals surface area contributed by atoms with Gasteiger partial charge in [0.25, 0.3) is 0 Å². The van der Waals surface area contributed by atoms with E-state index in [1.165, 1.54) is 41.5 Å². The quantitative estimate of drug-likeness (QED) is 0.785. The first-order chi connectivity index (χ1) is 8.71. The van der Waals surface area contributed by atoms with Gasteiger partial charge in [0, 0.05) is 17.6 Å². The van der Waals surface area contributed by atoms with Gasteiger partial charge < -0.3 is 5.32 Å². The highest BCUT2D eigenvalue weighted by Crippen LogP contribution is 2.20. The molecule has 0 radical (unpaired) electrons. The molecule has 0 spiro atoms. The fourth-order valence-electron chi connectivity index (χ4n) is 2.18. The molecule has 0 unspecified atom stereocenters. The lowest BCUT2D eigenvalue weighted by Gasteiger charge is -2.21. The predicted octanol–water partition coefficient (Wildman–Crippen LogP) is 3.79. The first kappa shape index (κ1) is 15.7. The van der Waals surface area contributed by atoms with E-state index in [9.17, 15) is 0 Å². The molecule has 1 rings (SSSR count). The molecule has 0 aliphatic carbocycles. The van der Waals surface area contributed by atoms with Crippen LogP contribution in [0.5, 0.6) is 0 Å². The Kier molecular flexibility index (Phi) is 7.56. The Hall–Kier alpha value is -0.380. The third kappa shape index (κ3) is 5.09. The van der Waals surface area contributed by atoms with Crippen LogP contribution in [0, 0.1) is 0 Å². The van der Waals surface area contributed by atoms with Crippen LogP contribution in [-0.4, -0.2) is 25.0 Å². The van der Waals surface area contributed by atoms with Crippen LogP contribution in [0.4, 0.5) is 0 Å². The molecule has 0 saturated heterocycles. The van der Waals surface area contributed by atoms with Gasteiger partial charge in [0.2, 0.25) is 0 Å². The normalized spacial score (nSPS) is 11.2. The van der Waals surface area contributed by atoms with Gasteiger partial charge in [0.1, 0.15) is 0 Å². The summed E-state index contributed by atoms with van der Waals surface area (Å²) in [5, 5.41) is 3.18. The molecule has 18 heavy (non-hydrogen) atoms. The fourth-order valence-corrected chi connectivity index (χ4v) is 2.73. The minimum absolute atomic E-state index is 0.923. The molecule has 0 bridgehead atoms. The van der Waals surface area contributed by atoms with Gasteiger partial charge in [0.05, 0.1) is 0 Å². The van der Waals surface area contributed by atoms with E-state index in [2.05, 4.69) is 58.2 Å². The van der Waals surface area contributed by atoms with Crippen LogP contribution in [0.15, 0.2) is 22.7 Å². The van der Waals surface area contributed by atoms with E-state index in [-0.39, 0.29) is 0 Å². The van der Waals surface area contributed by atoms with Gasteiger partial charge in [-0.25, -0.2) is 0 Å². The minimum Gasteiger partial charge on any atom is -0.316 e. The molecular weight excluding hydrogens is 288 g/mol. The third-order valence-corrected chi connectivity index (χ3v) is 3.71. The van der Waals surface area contributed by atoms with Gasteiger partial charge in [-0.3, -0.25) is 4.90 Å². The Morgan fingerprint density at radius 1 is 1.17 bits per heavy atom. The fraction of sp³-hybridized carbons (Fsp3) is 0.600. The standard InChI is InChI=1S/C15H25BrN2/c1-4-8-18(9-5-2)12-14-7-6-13(11-17-3)10-15(14)16/h6-7,10,17H,4-5,8-9,11-12H2,1-3H3. The smallest absolute Gasteiger partial charge is 0.0244 e. The third-order valence-electron chi connectivity index (χ3n) is 2.97. The molecule has 0 atom stereocenters. The van der Waals surface area contributed by atoms with Gasteiger partial charge in [-0.15, -0.1) is 0 Å². The number of rotatable bonds is 8. The van der Waals surface area contributed by atoms with Gasteiger partial charge >= 0.3 is 0 Å². The zero-order valence-corrected chi connectivity index (χ0v) is 13.4. The second kappa shape index (κ2) is 8.68. The maximum absolute atomic E-state index is 3.69. The molecule has 0 heterocycles. The summed E-state index contributed by atoms with van der Waals surface area (Å²) in [6, 6.07) is 6.68. The van der Waals surface area contributed by atoms with Crippen molar-refractivity contribution < 1.29 is 0 Å². The Morgan fingerprint density at radius 2 is 1.83 bits per heavy atom. The van der Waals surface area contributed by atoms with Gasteiger partial charge in [-0.2, -0.15) is 0 Å². The summed E-state index contributed by atoms with van der Waals surface area (Å²) >= 11 is 3.69.